The molecule has 5 heterocycles. The van der Waals surface area contributed by atoms with Crippen LogP contribution in [0.2, 0.25) is 0 Å². The number of aromatic amines is 2. The van der Waals surface area contributed by atoms with Gasteiger partial charge in [0.05, 0.1) is 70.1 Å². The van der Waals surface area contributed by atoms with Crippen molar-refractivity contribution in [1.29, 1.82) is 0 Å². The van der Waals surface area contributed by atoms with Crippen LogP contribution in [0, 0.1) is 128 Å². The number of carbonyl (C=O) groups is 2. The molecule has 6 unspecified atom stereocenters. The van der Waals surface area contributed by atoms with E-state index in [1.807, 2.05) is 0 Å². The summed E-state index contributed by atoms with van der Waals surface area (Å²) in [6, 6.07) is 1.17. The van der Waals surface area contributed by atoms with Gasteiger partial charge in [-0.05, 0) is 38.1 Å². The minimum absolute atomic E-state index is 0.522. The summed E-state index contributed by atoms with van der Waals surface area (Å²) < 4.78 is 324. The van der Waals surface area contributed by atoms with E-state index in [0.717, 1.165) is 0 Å². The number of ether oxygens (including phenoxy) is 2. The molecule has 6 atom stereocenters. The molecule has 2 aliphatic carbocycles. The van der Waals surface area contributed by atoms with Crippen LogP contribution in [-0.2, 0) is 19.1 Å². The summed E-state index contributed by atoms with van der Waals surface area (Å²) >= 11 is 0. The second-order valence-electron chi connectivity index (χ2n) is 18.3. The van der Waals surface area contributed by atoms with Crippen LogP contribution in [0.5, 0.6) is 0 Å². The van der Waals surface area contributed by atoms with E-state index in [2.05, 4.69) is 19.9 Å². The summed E-state index contributed by atoms with van der Waals surface area (Å²) in [6.07, 6.45) is 1.12. The van der Waals surface area contributed by atoms with E-state index < -0.39 is 267 Å². The average Bonchev–Trinajstić information content (AvgIpc) is 3.21. The molecule has 28 heteroatoms. The molecule has 3 aliphatic heterocycles. The van der Waals surface area contributed by atoms with Crippen molar-refractivity contribution in [2.45, 2.75) is 37.5 Å². The Labute approximate surface area is 431 Å². The predicted molar refractivity (Wildman–Crippen MR) is 233 cm³/mol. The number of nitrogens with zero attached hydrogens (tertiary/aromatic N) is 2. The number of H-pyrrole nitrogens is 2. The Morgan fingerprint density at radius 3 is 1.04 bits per heavy atom. The molecule has 0 amide bonds. The molecular formula is C52H22F20N4O4. The van der Waals surface area contributed by atoms with E-state index in [9.17, 15) is 27.2 Å². The van der Waals surface area contributed by atoms with Crippen LogP contribution in [0.1, 0.15) is 71.7 Å². The maximum atomic E-state index is 16.7. The van der Waals surface area contributed by atoms with Crippen LogP contribution in [0.25, 0.3) is 67.7 Å². The lowest BCUT2D eigenvalue weighted by Crippen LogP contribution is -2.14. The highest BCUT2D eigenvalue weighted by molar-refractivity contribution is 5.97. The third-order valence-corrected chi connectivity index (χ3v) is 14.2. The van der Waals surface area contributed by atoms with Crippen LogP contribution >= 0.6 is 0 Å². The van der Waals surface area contributed by atoms with E-state index in [1.165, 1.54) is 13.8 Å². The molecule has 80 heavy (non-hydrogen) atoms. The first-order valence-electron chi connectivity index (χ1n) is 23.0. The molecule has 2 N–H and O–H groups in total. The van der Waals surface area contributed by atoms with Crippen molar-refractivity contribution in [2.24, 2.45) is 11.8 Å². The van der Waals surface area contributed by atoms with Crippen molar-refractivity contribution in [3.63, 3.8) is 0 Å². The molecule has 414 valence electrons. The second-order valence-corrected chi connectivity index (χ2v) is 18.3. The summed E-state index contributed by atoms with van der Waals surface area (Å²) in [6.45, 7) is 1.40. The predicted octanol–water partition coefficient (Wildman–Crippen LogP) is 13.8. The minimum atomic E-state index is -2.80. The van der Waals surface area contributed by atoms with Crippen LogP contribution in [0.3, 0.4) is 0 Å². The first-order chi connectivity index (χ1) is 37.8. The van der Waals surface area contributed by atoms with Crippen molar-refractivity contribution in [2.75, 3.05) is 13.2 Å². The van der Waals surface area contributed by atoms with E-state index in [0.29, 0.717) is 24.3 Å². The van der Waals surface area contributed by atoms with Crippen molar-refractivity contribution < 1.29 is 107 Å². The summed E-state index contributed by atoms with van der Waals surface area (Å²) in [5.74, 6) is -68.5. The standard InChI is InChI=1S/C52H22F20N4O4/c1-3-79-51(77)20-16-18(20)49-26(25-33(59)41(67)46(72)42(68)34(25)60)50-19-17(21(19)52(78)80-4-2)48(76-50)15(24-31(57)39(65)45(71)40(66)32(24)58)12-8-6-10(74-12)13(22-27(53)35(61)43(69)36(62)28(22)54)9-5-7-11(73-9)14(47(16)75-49)23-29(55)37(63)44(70)38(64)30(23)56/h5-8,16-21,73,76H,3-4H2,1-2H3. The average molecular weight is 1150 g/mol. The molecule has 2 aromatic heterocycles. The van der Waals surface area contributed by atoms with Crippen molar-refractivity contribution in [3.8, 4) is 44.5 Å². The van der Waals surface area contributed by atoms with Crippen molar-refractivity contribution in [3.05, 3.63) is 163 Å². The maximum absolute atomic E-state index is 16.7. The van der Waals surface area contributed by atoms with Crippen LogP contribution in [0.4, 0.5) is 87.8 Å². The Morgan fingerprint density at radius 2 is 0.650 bits per heavy atom. The second kappa shape index (κ2) is 18.6. The number of rotatable bonds is 8. The zero-order chi connectivity index (χ0) is 57.9. The summed E-state index contributed by atoms with van der Waals surface area (Å²) in [5, 5.41) is 0. The Hall–Kier alpha value is -8.46. The molecule has 6 aromatic rings. The van der Waals surface area contributed by atoms with Gasteiger partial charge in [0.25, 0.3) is 0 Å². The third kappa shape index (κ3) is 7.30. The number of hydrogen-bond donors (Lipinski definition) is 2. The molecule has 8 nitrogen and oxygen atoms in total. The summed E-state index contributed by atoms with van der Waals surface area (Å²) in [4.78, 5) is 40.8. The minimum Gasteiger partial charge on any atom is -0.466 e. The quantitative estimate of drug-likeness (QED) is 0.0679. The molecule has 0 radical (unpaired) electrons. The van der Waals surface area contributed by atoms with E-state index in [-0.39, 0.29) is 0 Å². The van der Waals surface area contributed by atoms with Crippen LogP contribution in [0.15, 0.2) is 12.1 Å². The molecule has 5 aliphatic rings. The van der Waals surface area contributed by atoms with Gasteiger partial charge < -0.3 is 19.4 Å². The first-order valence-corrected chi connectivity index (χ1v) is 23.0. The van der Waals surface area contributed by atoms with Gasteiger partial charge in [0.2, 0.25) is 23.3 Å². The topological polar surface area (TPSA) is 110 Å². The first kappa shape index (κ1) is 53.5. The van der Waals surface area contributed by atoms with Crippen LogP contribution < -0.4 is 0 Å². The molecule has 2 fully saturated rings. The highest BCUT2D eigenvalue weighted by Crippen LogP contribution is 2.70. The largest absolute Gasteiger partial charge is 0.466 e. The number of nitrogens with one attached hydrogen (secondary N) is 2. The normalized spacial score (nSPS) is 19.0. The molecule has 0 saturated heterocycles. The van der Waals surface area contributed by atoms with Gasteiger partial charge in [-0.2, -0.15) is 0 Å². The number of benzene rings is 4. The highest BCUT2D eigenvalue weighted by Gasteiger charge is 2.66. The molecule has 8 bridgehead atoms. The van der Waals surface area contributed by atoms with Gasteiger partial charge in [-0.15, -0.1) is 0 Å². The lowest BCUT2D eigenvalue weighted by molar-refractivity contribution is -0.145. The zero-order valence-electron chi connectivity index (χ0n) is 39.3. The zero-order valence-corrected chi connectivity index (χ0v) is 39.3. The monoisotopic (exact) mass is 1150 g/mol. The fourth-order valence-electron chi connectivity index (χ4n) is 10.8. The number of aromatic nitrogens is 4. The molecule has 11 rings (SSSR count). The molecule has 4 aromatic carbocycles. The van der Waals surface area contributed by atoms with Crippen LogP contribution in [-0.4, -0.2) is 45.1 Å². The van der Waals surface area contributed by atoms with Gasteiger partial charge in [0.15, 0.2) is 93.1 Å². The smallest absolute Gasteiger partial charge is 0.310 e. The third-order valence-electron chi connectivity index (χ3n) is 14.2. The fourth-order valence-corrected chi connectivity index (χ4v) is 10.8. The van der Waals surface area contributed by atoms with E-state index in [1.54, 1.807) is 0 Å². The lowest BCUT2D eigenvalue weighted by Gasteiger charge is -2.16. The summed E-state index contributed by atoms with van der Waals surface area (Å²) in [5.41, 5.74) is -22.0. The molecule has 0 spiro atoms. The Bertz CT molecular complexity index is 4000. The fraction of sp³-hybridized carbons (Fsp3) is 0.192. The Kier molecular flexibility index (Phi) is 12.4. The van der Waals surface area contributed by atoms with Gasteiger partial charge in [0, 0.05) is 68.3 Å². The SMILES string of the molecule is CCOC(=O)C1C2c3nc(c(-c4c(F)c(F)c(F)c(F)c4F)c4ccc([nH]4)c(-c4c(F)c(F)c(F)c(F)c4F)c4nc(c(-c5c(F)c(F)c(F)c(F)c5F)c5[nH]c(c3-c3c(F)c(F)c(F)c(F)c3F)C3C(C(=O)OCC)C53)C=C4)C12. The number of carbonyl (C=O) groups excluding carboxylic acids is 2. The summed E-state index contributed by atoms with van der Waals surface area (Å²) in [7, 11) is 0. The van der Waals surface area contributed by atoms with Gasteiger partial charge in [-0.1, -0.05) is 0 Å². The Morgan fingerprint density at radius 1 is 0.362 bits per heavy atom. The number of halogens is 20. The number of esters is 2. The van der Waals surface area contributed by atoms with Crippen molar-refractivity contribution in [1.82, 2.24) is 19.9 Å². The maximum Gasteiger partial charge on any atom is 0.310 e. The Balaban J connectivity index is 1.47. The van der Waals surface area contributed by atoms with Crippen molar-refractivity contribution >= 4 is 35.1 Å². The highest BCUT2D eigenvalue weighted by atomic mass is 19.2. The van der Waals surface area contributed by atoms with Gasteiger partial charge in [-0.25, -0.2) is 92.8 Å². The van der Waals surface area contributed by atoms with Gasteiger partial charge >= 0.3 is 11.9 Å². The lowest BCUT2D eigenvalue weighted by atomic mass is 9.95. The van der Waals surface area contributed by atoms with Gasteiger partial charge in [0.1, 0.15) is 0 Å². The number of hydrogen-bond acceptors (Lipinski definition) is 6. The number of fused-ring (bicyclic) bond motifs is 14. The van der Waals surface area contributed by atoms with Gasteiger partial charge in [-0.3, -0.25) is 14.6 Å². The molecule has 2 saturated carbocycles. The van der Waals surface area contributed by atoms with E-state index >= 15 is 70.2 Å². The molecular weight excluding hydrogens is 1120 g/mol. The van der Waals surface area contributed by atoms with E-state index in [4.69, 9.17) is 9.47 Å².